The fourth-order valence-electron chi connectivity index (χ4n) is 3.49. The van der Waals surface area contributed by atoms with Crippen LogP contribution in [-0.2, 0) is 4.79 Å². The van der Waals surface area contributed by atoms with Crippen LogP contribution in [0.15, 0.2) is 25.0 Å². The maximum Gasteiger partial charge on any atom is 0.223 e. The van der Waals surface area contributed by atoms with Crippen LogP contribution >= 0.6 is 0 Å². The Balaban J connectivity index is 1.58. The second kappa shape index (κ2) is 8.13. The number of aromatic nitrogens is 2. The number of anilines is 2. The number of nitrogens with one attached hydrogen (secondary N) is 1. The molecule has 3 heterocycles. The topological polar surface area (TPSA) is 61.4 Å². The standard InChI is InChI=1S/C18H27N5O/c1-2-8-19-18(24)15-6-11-23(12-7-15)17-13-16(20-14-21-17)22-9-4-3-5-10-22/h2,13-15H,1,3-12H2,(H,19,24). The zero-order valence-electron chi connectivity index (χ0n) is 14.3. The van der Waals surface area contributed by atoms with Gasteiger partial charge in [-0.2, -0.15) is 0 Å². The second-order valence-corrected chi connectivity index (χ2v) is 6.58. The predicted molar refractivity (Wildman–Crippen MR) is 96.2 cm³/mol. The molecule has 3 rings (SSSR count). The van der Waals surface area contributed by atoms with Crippen molar-refractivity contribution in [1.29, 1.82) is 0 Å². The summed E-state index contributed by atoms with van der Waals surface area (Å²) in [7, 11) is 0. The molecule has 2 aliphatic heterocycles. The molecule has 0 aliphatic carbocycles. The quantitative estimate of drug-likeness (QED) is 0.837. The third-order valence-corrected chi connectivity index (χ3v) is 4.93. The van der Waals surface area contributed by atoms with Crippen LogP contribution in [0.4, 0.5) is 11.6 Å². The van der Waals surface area contributed by atoms with E-state index in [0.717, 1.165) is 50.7 Å². The number of hydrogen-bond donors (Lipinski definition) is 1. The average molecular weight is 329 g/mol. The third kappa shape index (κ3) is 4.04. The summed E-state index contributed by atoms with van der Waals surface area (Å²) in [5.74, 6) is 2.26. The lowest BCUT2D eigenvalue weighted by Gasteiger charge is -2.33. The summed E-state index contributed by atoms with van der Waals surface area (Å²) in [5.41, 5.74) is 0. The minimum atomic E-state index is 0.101. The lowest BCUT2D eigenvalue weighted by atomic mass is 9.96. The Bertz CT molecular complexity index is 562. The van der Waals surface area contributed by atoms with E-state index in [-0.39, 0.29) is 11.8 Å². The summed E-state index contributed by atoms with van der Waals surface area (Å²) >= 11 is 0. The first-order chi connectivity index (χ1) is 11.8. The highest BCUT2D eigenvalue weighted by molar-refractivity contribution is 5.79. The van der Waals surface area contributed by atoms with E-state index in [2.05, 4.69) is 37.7 Å². The van der Waals surface area contributed by atoms with Gasteiger partial charge in [0.25, 0.3) is 0 Å². The molecule has 6 heteroatoms. The van der Waals surface area contributed by atoms with Gasteiger partial charge in [0, 0.05) is 44.7 Å². The molecular weight excluding hydrogens is 302 g/mol. The molecule has 130 valence electrons. The highest BCUT2D eigenvalue weighted by atomic mass is 16.1. The van der Waals surface area contributed by atoms with Gasteiger partial charge in [0.15, 0.2) is 0 Å². The van der Waals surface area contributed by atoms with Gasteiger partial charge in [-0.1, -0.05) is 6.08 Å². The summed E-state index contributed by atoms with van der Waals surface area (Å²) in [6.45, 7) is 8.08. The molecule has 2 fully saturated rings. The van der Waals surface area contributed by atoms with Crippen molar-refractivity contribution < 1.29 is 4.79 Å². The van der Waals surface area contributed by atoms with E-state index in [1.54, 1.807) is 12.4 Å². The van der Waals surface area contributed by atoms with Gasteiger partial charge in [-0.3, -0.25) is 4.79 Å². The fraction of sp³-hybridized carbons (Fsp3) is 0.611. The van der Waals surface area contributed by atoms with E-state index in [9.17, 15) is 4.79 Å². The minimum Gasteiger partial charge on any atom is -0.356 e. The largest absolute Gasteiger partial charge is 0.356 e. The number of nitrogens with zero attached hydrogens (tertiary/aromatic N) is 4. The van der Waals surface area contributed by atoms with Crippen LogP contribution in [0, 0.1) is 5.92 Å². The summed E-state index contributed by atoms with van der Waals surface area (Å²) in [6.07, 6.45) is 8.92. The van der Waals surface area contributed by atoms with Crippen LogP contribution in [0.2, 0.25) is 0 Å². The molecule has 1 aromatic rings. The van der Waals surface area contributed by atoms with Gasteiger partial charge in [0.2, 0.25) is 5.91 Å². The molecule has 0 saturated carbocycles. The van der Waals surface area contributed by atoms with Gasteiger partial charge in [-0.05, 0) is 32.1 Å². The van der Waals surface area contributed by atoms with E-state index < -0.39 is 0 Å². The molecule has 0 unspecified atom stereocenters. The van der Waals surface area contributed by atoms with Gasteiger partial charge in [0.05, 0.1) is 0 Å². The van der Waals surface area contributed by atoms with E-state index in [0.29, 0.717) is 6.54 Å². The molecule has 0 atom stereocenters. The number of carbonyl (C=O) groups excluding carboxylic acids is 1. The van der Waals surface area contributed by atoms with Crippen molar-refractivity contribution in [3.05, 3.63) is 25.0 Å². The maximum atomic E-state index is 12.1. The molecule has 0 spiro atoms. The Morgan fingerprint density at radius 3 is 2.38 bits per heavy atom. The van der Waals surface area contributed by atoms with Gasteiger partial charge in [-0.25, -0.2) is 9.97 Å². The minimum absolute atomic E-state index is 0.101. The molecule has 24 heavy (non-hydrogen) atoms. The normalized spacial score (nSPS) is 19.2. The molecule has 0 aromatic carbocycles. The van der Waals surface area contributed by atoms with Crippen LogP contribution in [0.3, 0.4) is 0 Å². The first-order valence-corrected chi connectivity index (χ1v) is 8.98. The van der Waals surface area contributed by atoms with Crippen molar-refractivity contribution in [2.24, 2.45) is 5.92 Å². The molecule has 1 N–H and O–H groups in total. The van der Waals surface area contributed by atoms with Gasteiger partial charge < -0.3 is 15.1 Å². The Labute approximate surface area is 144 Å². The molecule has 0 bridgehead atoms. The van der Waals surface area contributed by atoms with Gasteiger partial charge in [0.1, 0.15) is 18.0 Å². The molecule has 2 aliphatic rings. The van der Waals surface area contributed by atoms with Crippen LogP contribution in [0.25, 0.3) is 0 Å². The van der Waals surface area contributed by atoms with Crippen molar-refractivity contribution in [2.45, 2.75) is 32.1 Å². The van der Waals surface area contributed by atoms with E-state index in [4.69, 9.17) is 0 Å². The zero-order chi connectivity index (χ0) is 16.8. The van der Waals surface area contributed by atoms with E-state index >= 15 is 0 Å². The number of rotatable bonds is 5. The summed E-state index contributed by atoms with van der Waals surface area (Å²) in [6, 6.07) is 2.10. The molecule has 1 aromatic heterocycles. The number of amides is 1. The predicted octanol–water partition coefficient (Wildman–Crippen LogP) is 1.99. The van der Waals surface area contributed by atoms with Gasteiger partial charge in [-0.15, -0.1) is 6.58 Å². The van der Waals surface area contributed by atoms with Crippen LogP contribution in [0.5, 0.6) is 0 Å². The number of hydrogen-bond acceptors (Lipinski definition) is 5. The van der Waals surface area contributed by atoms with Crippen LogP contribution in [-0.4, -0.2) is 48.6 Å². The average Bonchev–Trinajstić information content (AvgIpc) is 2.67. The zero-order valence-corrected chi connectivity index (χ0v) is 14.3. The smallest absolute Gasteiger partial charge is 0.223 e. The van der Waals surface area contributed by atoms with Crippen LogP contribution < -0.4 is 15.1 Å². The highest BCUT2D eigenvalue weighted by Gasteiger charge is 2.25. The molecule has 2 saturated heterocycles. The van der Waals surface area contributed by atoms with Gasteiger partial charge >= 0.3 is 0 Å². The highest BCUT2D eigenvalue weighted by Crippen LogP contribution is 2.25. The summed E-state index contributed by atoms with van der Waals surface area (Å²) in [4.78, 5) is 25.6. The van der Waals surface area contributed by atoms with Crippen LogP contribution in [0.1, 0.15) is 32.1 Å². The van der Waals surface area contributed by atoms with E-state index in [1.165, 1.54) is 19.3 Å². The first-order valence-electron chi connectivity index (χ1n) is 8.98. The van der Waals surface area contributed by atoms with E-state index in [1.807, 2.05) is 0 Å². The third-order valence-electron chi connectivity index (χ3n) is 4.93. The molecular formula is C18H27N5O. The van der Waals surface area contributed by atoms with Crippen molar-refractivity contribution in [3.63, 3.8) is 0 Å². The number of carbonyl (C=O) groups is 1. The van der Waals surface area contributed by atoms with Crippen molar-refractivity contribution in [3.8, 4) is 0 Å². The summed E-state index contributed by atoms with van der Waals surface area (Å²) in [5, 5.41) is 2.90. The lowest BCUT2D eigenvalue weighted by molar-refractivity contribution is -0.125. The summed E-state index contributed by atoms with van der Waals surface area (Å²) < 4.78 is 0. The Kier molecular flexibility index (Phi) is 5.67. The molecule has 0 radical (unpaired) electrons. The van der Waals surface area contributed by atoms with Crippen molar-refractivity contribution in [2.75, 3.05) is 42.5 Å². The fourth-order valence-corrected chi connectivity index (χ4v) is 3.49. The Morgan fingerprint density at radius 2 is 1.75 bits per heavy atom. The lowest BCUT2D eigenvalue weighted by Crippen LogP contribution is -2.41. The second-order valence-electron chi connectivity index (χ2n) is 6.58. The SMILES string of the molecule is C=CCNC(=O)C1CCN(c2cc(N3CCCCC3)ncn2)CC1. The molecule has 6 nitrogen and oxygen atoms in total. The monoisotopic (exact) mass is 329 g/mol. The van der Waals surface area contributed by atoms with Crippen molar-refractivity contribution in [1.82, 2.24) is 15.3 Å². The maximum absolute atomic E-state index is 12.1. The first kappa shape index (κ1) is 16.7. The number of piperidine rings is 2. The van der Waals surface area contributed by atoms with Crippen molar-refractivity contribution >= 4 is 17.5 Å². The molecule has 1 amide bonds. The Morgan fingerprint density at radius 1 is 1.12 bits per heavy atom. The Hall–Kier alpha value is -2.11.